The van der Waals surface area contributed by atoms with Crippen molar-refractivity contribution in [2.45, 2.75) is 59.2 Å². The maximum Gasteiger partial charge on any atom is 0.410 e. The molecule has 4 heteroatoms. The van der Waals surface area contributed by atoms with Gasteiger partial charge in [0.1, 0.15) is 5.60 Å². The topological polar surface area (TPSA) is 49.8 Å². The lowest BCUT2D eigenvalue weighted by molar-refractivity contribution is 0.0262. The van der Waals surface area contributed by atoms with Crippen LogP contribution in [0.15, 0.2) is 0 Å². The van der Waals surface area contributed by atoms with Gasteiger partial charge in [-0.2, -0.15) is 0 Å². The third-order valence-electron chi connectivity index (χ3n) is 3.13. The molecule has 0 aliphatic carbocycles. The van der Waals surface area contributed by atoms with Crippen molar-refractivity contribution in [3.8, 4) is 0 Å². The lowest BCUT2D eigenvalue weighted by atomic mass is 9.94. The number of hydrogen-bond acceptors (Lipinski definition) is 3. The zero-order chi connectivity index (χ0) is 13.9. The predicted octanol–water partition coefficient (Wildman–Crippen LogP) is 2.65. The van der Waals surface area contributed by atoms with Crippen LogP contribution in [0.25, 0.3) is 0 Å². The van der Waals surface area contributed by atoms with E-state index in [4.69, 9.17) is 4.74 Å². The number of amides is 1. The molecule has 1 fully saturated rings. The van der Waals surface area contributed by atoms with Crippen molar-refractivity contribution in [1.29, 1.82) is 0 Å². The fourth-order valence-electron chi connectivity index (χ4n) is 2.27. The average molecular weight is 257 g/mol. The Morgan fingerprint density at radius 3 is 2.56 bits per heavy atom. The molecule has 2 atom stereocenters. The van der Waals surface area contributed by atoms with Crippen LogP contribution < -0.4 is 0 Å². The fraction of sp³-hybridized carbons (Fsp3) is 0.929. The van der Waals surface area contributed by atoms with E-state index in [9.17, 15) is 9.90 Å². The van der Waals surface area contributed by atoms with Gasteiger partial charge >= 0.3 is 6.09 Å². The van der Waals surface area contributed by atoms with Gasteiger partial charge in [0.15, 0.2) is 0 Å². The summed E-state index contributed by atoms with van der Waals surface area (Å²) in [6.07, 6.45) is 1.10. The van der Waals surface area contributed by atoms with Crippen LogP contribution in [0.4, 0.5) is 4.79 Å². The molecule has 0 aromatic heterocycles. The number of aliphatic hydroxyl groups is 1. The second-order valence-corrected chi connectivity index (χ2v) is 6.67. The lowest BCUT2D eigenvalue weighted by Gasteiger charge is -2.25. The van der Waals surface area contributed by atoms with Crippen LogP contribution in [0.5, 0.6) is 0 Å². The minimum atomic E-state index is -0.453. The maximum atomic E-state index is 11.9. The third-order valence-corrected chi connectivity index (χ3v) is 3.13. The van der Waals surface area contributed by atoms with Gasteiger partial charge in [0.25, 0.3) is 0 Å². The standard InChI is InChI=1S/C14H27NO3/c1-10(2)8-12(16)11-6-7-15(9-11)13(17)18-14(3,4)5/h10-12,16H,6-9H2,1-5H3/t11-,12?/m0/s1. The van der Waals surface area contributed by atoms with Crippen LogP contribution in [0, 0.1) is 11.8 Å². The Morgan fingerprint density at radius 2 is 2.06 bits per heavy atom. The van der Waals surface area contributed by atoms with Gasteiger partial charge in [0.05, 0.1) is 6.10 Å². The molecular weight excluding hydrogens is 230 g/mol. The summed E-state index contributed by atoms with van der Waals surface area (Å²) < 4.78 is 5.34. The molecule has 1 unspecified atom stereocenters. The number of carbonyl (C=O) groups excluding carboxylic acids is 1. The summed E-state index contributed by atoms with van der Waals surface area (Å²) in [6, 6.07) is 0. The van der Waals surface area contributed by atoms with E-state index in [1.165, 1.54) is 0 Å². The summed E-state index contributed by atoms with van der Waals surface area (Å²) in [6.45, 7) is 11.1. The first-order valence-electron chi connectivity index (χ1n) is 6.85. The van der Waals surface area contributed by atoms with E-state index in [1.807, 2.05) is 20.8 Å². The molecule has 1 aliphatic heterocycles. The van der Waals surface area contributed by atoms with E-state index in [1.54, 1.807) is 4.90 Å². The molecule has 0 spiro atoms. The molecule has 1 saturated heterocycles. The smallest absolute Gasteiger partial charge is 0.410 e. The Morgan fingerprint density at radius 1 is 1.44 bits per heavy atom. The Kier molecular flexibility index (Phi) is 5.02. The van der Waals surface area contributed by atoms with Crippen molar-refractivity contribution in [1.82, 2.24) is 4.90 Å². The molecule has 4 nitrogen and oxygen atoms in total. The SMILES string of the molecule is CC(C)CC(O)[C@H]1CCN(C(=O)OC(C)(C)C)C1. The number of carbonyl (C=O) groups is 1. The van der Waals surface area contributed by atoms with E-state index in [0.29, 0.717) is 19.0 Å². The van der Waals surface area contributed by atoms with E-state index < -0.39 is 5.60 Å². The highest BCUT2D eigenvalue weighted by Gasteiger charge is 2.33. The summed E-state index contributed by atoms with van der Waals surface area (Å²) >= 11 is 0. The summed E-state index contributed by atoms with van der Waals surface area (Å²) in [7, 11) is 0. The Hall–Kier alpha value is -0.770. The van der Waals surface area contributed by atoms with E-state index in [-0.39, 0.29) is 18.1 Å². The number of hydrogen-bond donors (Lipinski definition) is 1. The number of nitrogens with zero attached hydrogens (tertiary/aromatic N) is 1. The Balaban J connectivity index is 2.43. The number of rotatable bonds is 3. The largest absolute Gasteiger partial charge is 0.444 e. The molecule has 0 aromatic carbocycles. The summed E-state index contributed by atoms with van der Waals surface area (Å²) in [5.41, 5.74) is -0.453. The van der Waals surface area contributed by atoms with Gasteiger partial charge in [-0.05, 0) is 39.5 Å². The molecule has 0 aromatic rings. The average Bonchev–Trinajstić information content (AvgIpc) is 2.61. The van der Waals surface area contributed by atoms with Crippen molar-refractivity contribution in [3.05, 3.63) is 0 Å². The zero-order valence-corrected chi connectivity index (χ0v) is 12.3. The minimum absolute atomic E-state index is 0.194. The number of likely N-dealkylation sites (tertiary alicyclic amines) is 1. The van der Waals surface area contributed by atoms with E-state index in [2.05, 4.69) is 13.8 Å². The summed E-state index contributed by atoms with van der Waals surface area (Å²) in [4.78, 5) is 13.6. The molecule has 0 radical (unpaired) electrons. The zero-order valence-electron chi connectivity index (χ0n) is 12.3. The molecule has 1 N–H and O–H groups in total. The lowest BCUT2D eigenvalue weighted by Crippen LogP contribution is -2.36. The third kappa shape index (κ3) is 4.84. The van der Waals surface area contributed by atoms with Crippen LogP contribution >= 0.6 is 0 Å². The Labute approximate surface area is 110 Å². The van der Waals surface area contributed by atoms with Gasteiger partial charge in [-0.1, -0.05) is 13.8 Å². The van der Waals surface area contributed by atoms with Gasteiger partial charge in [-0.15, -0.1) is 0 Å². The van der Waals surface area contributed by atoms with Gasteiger partial charge < -0.3 is 14.7 Å². The number of ether oxygens (including phenoxy) is 1. The fourth-order valence-corrected chi connectivity index (χ4v) is 2.27. The molecule has 18 heavy (non-hydrogen) atoms. The van der Waals surface area contributed by atoms with Crippen molar-refractivity contribution in [3.63, 3.8) is 0 Å². The highest BCUT2D eigenvalue weighted by molar-refractivity contribution is 5.68. The highest BCUT2D eigenvalue weighted by atomic mass is 16.6. The van der Waals surface area contributed by atoms with Crippen LogP contribution in [-0.4, -0.2) is 40.9 Å². The Bertz CT molecular complexity index is 283. The van der Waals surface area contributed by atoms with Gasteiger partial charge in [-0.25, -0.2) is 4.79 Å². The maximum absolute atomic E-state index is 11.9. The van der Waals surface area contributed by atoms with Gasteiger partial charge in [0, 0.05) is 19.0 Å². The van der Waals surface area contributed by atoms with Gasteiger partial charge in [0.2, 0.25) is 0 Å². The minimum Gasteiger partial charge on any atom is -0.444 e. The second-order valence-electron chi connectivity index (χ2n) is 6.67. The number of aliphatic hydroxyl groups excluding tert-OH is 1. The first-order valence-corrected chi connectivity index (χ1v) is 6.85. The molecule has 1 aliphatic rings. The predicted molar refractivity (Wildman–Crippen MR) is 71.4 cm³/mol. The highest BCUT2D eigenvalue weighted by Crippen LogP contribution is 2.25. The quantitative estimate of drug-likeness (QED) is 0.845. The molecular formula is C14H27NO3. The summed E-state index contributed by atoms with van der Waals surface area (Å²) in [5, 5.41) is 10.1. The van der Waals surface area contributed by atoms with Gasteiger partial charge in [-0.3, -0.25) is 0 Å². The van der Waals surface area contributed by atoms with Crippen molar-refractivity contribution < 1.29 is 14.6 Å². The van der Waals surface area contributed by atoms with Crippen molar-refractivity contribution in [2.75, 3.05) is 13.1 Å². The monoisotopic (exact) mass is 257 g/mol. The molecule has 0 bridgehead atoms. The van der Waals surface area contributed by atoms with Crippen LogP contribution in [-0.2, 0) is 4.74 Å². The van der Waals surface area contributed by atoms with Crippen LogP contribution in [0.2, 0.25) is 0 Å². The van der Waals surface area contributed by atoms with Crippen molar-refractivity contribution >= 4 is 6.09 Å². The van der Waals surface area contributed by atoms with Crippen LogP contribution in [0.1, 0.15) is 47.5 Å². The first kappa shape index (κ1) is 15.3. The molecule has 1 amide bonds. The van der Waals surface area contributed by atoms with E-state index >= 15 is 0 Å². The van der Waals surface area contributed by atoms with Crippen molar-refractivity contribution in [2.24, 2.45) is 11.8 Å². The molecule has 1 heterocycles. The molecule has 0 saturated carbocycles. The summed E-state index contributed by atoms with van der Waals surface area (Å²) in [5.74, 6) is 0.676. The molecule has 1 rings (SSSR count). The van der Waals surface area contributed by atoms with E-state index in [0.717, 1.165) is 12.8 Å². The second kappa shape index (κ2) is 5.91. The normalized spacial score (nSPS) is 22.4. The van der Waals surface area contributed by atoms with Crippen LogP contribution in [0.3, 0.4) is 0 Å². The first-order chi connectivity index (χ1) is 8.19. The molecule has 106 valence electrons.